The van der Waals surface area contributed by atoms with Gasteiger partial charge in [-0.15, -0.1) is 0 Å². The van der Waals surface area contributed by atoms with E-state index >= 15 is 0 Å². The minimum Gasteiger partial charge on any atom is -0.486 e. The van der Waals surface area contributed by atoms with Crippen LogP contribution in [0.3, 0.4) is 0 Å². The van der Waals surface area contributed by atoms with Crippen molar-refractivity contribution in [2.75, 3.05) is 30.0 Å². The van der Waals surface area contributed by atoms with E-state index in [4.69, 9.17) is 9.47 Å². The zero-order valence-electron chi connectivity index (χ0n) is 14.6. The van der Waals surface area contributed by atoms with E-state index in [0.29, 0.717) is 36.5 Å². The van der Waals surface area contributed by atoms with Gasteiger partial charge in [0.2, 0.25) is 11.8 Å². The largest absolute Gasteiger partial charge is 0.486 e. The number of halogens is 2. The SMILES string of the molecule is CC(=O)N(CCC(=O)Nc1ccc2c(c1)OCCO2)c1ccc(F)cc1F. The number of hydrogen-bond acceptors (Lipinski definition) is 4. The van der Waals surface area contributed by atoms with Crippen molar-refractivity contribution in [1.29, 1.82) is 0 Å². The van der Waals surface area contributed by atoms with Gasteiger partial charge < -0.3 is 19.7 Å². The van der Waals surface area contributed by atoms with E-state index in [1.54, 1.807) is 18.2 Å². The minimum absolute atomic E-state index is 0.0474. The van der Waals surface area contributed by atoms with Crippen molar-refractivity contribution in [3.05, 3.63) is 48.0 Å². The molecule has 0 aliphatic carbocycles. The minimum atomic E-state index is -0.863. The maximum absolute atomic E-state index is 13.9. The quantitative estimate of drug-likeness (QED) is 0.871. The second-order valence-corrected chi connectivity index (χ2v) is 5.92. The Hall–Kier alpha value is -3.16. The fourth-order valence-electron chi connectivity index (χ4n) is 2.71. The summed E-state index contributed by atoms with van der Waals surface area (Å²) < 4.78 is 37.9. The van der Waals surface area contributed by atoms with Gasteiger partial charge in [0.25, 0.3) is 0 Å². The number of nitrogens with one attached hydrogen (secondary N) is 1. The third-order valence-corrected chi connectivity index (χ3v) is 3.97. The van der Waals surface area contributed by atoms with Crippen LogP contribution in [0.2, 0.25) is 0 Å². The van der Waals surface area contributed by atoms with Gasteiger partial charge >= 0.3 is 0 Å². The van der Waals surface area contributed by atoms with Crippen molar-refractivity contribution in [2.45, 2.75) is 13.3 Å². The zero-order chi connectivity index (χ0) is 19.4. The van der Waals surface area contributed by atoms with E-state index in [0.717, 1.165) is 11.0 Å². The van der Waals surface area contributed by atoms with Crippen LogP contribution in [0.25, 0.3) is 0 Å². The Labute approximate surface area is 154 Å². The number of carbonyl (C=O) groups excluding carboxylic acids is 2. The van der Waals surface area contributed by atoms with Crippen molar-refractivity contribution in [3.63, 3.8) is 0 Å². The lowest BCUT2D eigenvalue weighted by Crippen LogP contribution is -2.32. The molecule has 1 aliphatic heterocycles. The van der Waals surface area contributed by atoms with Crippen LogP contribution in [0, 0.1) is 11.6 Å². The molecule has 0 spiro atoms. The molecule has 0 aromatic heterocycles. The van der Waals surface area contributed by atoms with Crippen LogP contribution in [0.4, 0.5) is 20.2 Å². The predicted octanol–water partition coefficient (Wildman–Crippen LogP) is 3.12. The number of anilines is 2. The fourth-order valence-corrected chi connectivity index (χ4v) is 2.71. The number of rotatable bonds is 5. The highest BCUT2D eigenvalue weighted by molar-refractivity contribution is 5.95. The van der Waals surface area contributed by atoms with Crippen LogP contribution in [0.15, 0.2) is 36.4 Å². The number of nitrogens with zero attached hydrogens (tertiary/aromatic N) is 1. The molecule has 2 aromatic rings. The molecule has 0 atom stereocenters. The van der Waals surface area contributed by atoms with Gasteiger partial charge in [-0.1, -0.05) is 0 Å². The first-order chi connectivity index (χ1) is 12.9. The average molecular weight is 376 g/mol. The van der Waals surface area contributed by atoms with Gasteiger partial charge in [-0.2, -0.15) is 0 Å². The summed E-state index contributed by atoms with van der Waals surface area (Å²) in [7, 11) is 0. The van der Waals surface area contributed by atoms with Crippen LogP contribution in [0.5, 0.6) is 11.5 Å². The second-order valence-electron chi connectivity index (χ2n) is 5.92. The Morgan fingerprint density at radius 2 is 1.81 bits per heavy atom. The summed E-state index contributed by atoms with van der Waals surface area (Å²) in [6.45, 7) is 2.11. The molecule has 0 fully saturated rings. The topological polar surface area (TPSA) is 67.9 Å². The maximum Gasteiger partial charge on any atom is 0.226 e. The summed E-state index contributed by atoms with van der Waals surface area (Å²) in [5, 5.41) is 2.70. The number of hydrogen-bond donors (Lipinski definition) is 1. The molecule has 0 radical (unpaired) electrons. The summed E-state index contributed by atoms with van der Waals surface area (Å²) in [5.74, 6) is -1.27. The van der Waals surface area contributed by atoms with Crippen molar-refractivity contribution in [1.82, 2.24) is 0 Å². The fraction of sp³-hybridized carbons (Fsp3) is 0.263. The number of carbonyl (C=O) groups is 2. The normalized spacial score (nSPS) is 12.4. The van der Waals surface area contributed by atoms with E-state index in [1.165, 1.54) is 13.0 Å². The maximum atomic E-state index is 13.9. The first-order valence-corrected chi connectivity index (χ1v) is 8.36. The first kappa shape index (κ1) is 18.6. The summed E-state index contributed by atoms with van der Waals surface area (Å²) in [4.78, 5) is 25.1. The molecule has 0 saturated carbocycles. The Balaban J connectivity index is 1.63. The van der Waals surface area contributed by atoms with Gasteiger partial charge in [0.05, 0.1) is 5.69 Å². The Kier molecular flexibility index (Phi) is 5.54. The summed E-state index contributed by atoms with van der Waals surface area (Å²) in [5.41, 5.74) is 0.447. The molecule has 0 saturated heterocycles. The standard InChI is InChI=1S/C19H18F2N2O4/c1-12(24)23(16-4-2-13(20)10-15(16)21)7-6-19(25)22-14-3-5-17-18(11-14)27-9-8-26-17/h2-5,10-11H,6-9H2,1H3,(H,22,25). The molecular formula is C19H18F2N2O4. The van der Waals surface area contributed by atoms with E-state index < -0.39 is 17.5 Å². The molecule has 27 heavy (non-hydrogen) atoms. The van der Waals surface area contributed by atoms with E-state index in [-0.39, 0.29) is 24.6 Å². The Bertz CT molecular complexity index is 873. The number of benzene rings is 2. The lowest BCUT2D eigenvalue weighted by atomic mass is 10.2. The van der Waals surface area contributed by atoms with Crippen molar-refractivity contribution in [2.24, 2.45) is 0 Å². The molecule has 0 unspecified atom stereocenters. The number of amides is 2. The van der Waals surface area contributed by atoms with Crippen LogP contribution in [-0.4, -0.2) is 31.6 Å². The summed E-state index contributed by atoms with van der Waals surface area (Å²) in [6, 6.07) is 7.94. The lowest BCUT2D eigenvalue weighted by molar-refractivity contribution is -0.117. The zero-order valence-corrected chi connectivity index (χ0v) is 14.6. The highest BCUT2D eigenvalue weighted by Crippen LogP contribution is 2.32. The average Bonchev–Trinajstić information content (AvgIpc) is 2.63. The molecule has 0 bridgehead atoms. The molecule has 142 valence electrons. The smallest absolute Gasteiger partial charge is 0.226 e. The predicted molar refractivity (Wildman–Crippen MR) is 95.1 cm³/mol. The van der Waals surface area contributed by atoms with E-state index in [9.17, 15) is 18.4 Å². The molecule has 8 heteroatoms. The van der Waals surface area contributed by atoms with Gasteiger partial charge in [0.1, 0.15) is 24.8 Å². The molecule has 6 nitrogen and oxygen atoms in total. The lowest BCUT2D eigenvalue weighted by Gasteiger charge is -2.22. The van der Waals surface area contributed by atoms with Gasteiger partial charge in [0.15, 0.2) is 11.5 Å². The van der Waals surface area contributed by atoms with Crippen molar-refractivity contribution < 1.29 is 27.8 Å². The summed E-state index contributed by atoms with van der Waals surface area (Å²) in [6.07, 6.45) is -0.0646. The number of ether oxygens (including phenoxy) is 2. The Morgan fingerprint density at radius 3 is 2.52 bits per heavy atom. The highest BCUT2D eigenvalue weighted by atomic mass is 19.1. The van der Waals surface area contributed by atoms with Crippen LogP contribution in [-0.2, 0) is 9.59 Å². The van der Waals surface area contributed by atoms with Gasteiger partial charge in [0, 0.05) is 37.7 Å². The van der Waals surface area contributed by atoms with Gasteiger partial charge in [-0.05, 0) is 24.3 Å². The third kappa shape index (κ3) is 4.52. The molecule has 2 aromatic carbocycles. The molecule has 2 amide bonds. The highest BCUT2D eigenvalue weighted by Gasteiger charge is 2.18. The molecule has 1 heterocycles. The third-order valence-electron chi connectivity index (χ3n) is 3.97. The monoisotopic (exact) mass is 376 g/mol. The molecule has 1 aliphatic rings. The molecular weight excluding hydrogens is 358 g/mol. The molecule has 3 rings (SSSR count). The Morgan fingerprint density at radius 1 is 1.07 bits per heavy atom. The molecule has 1 N–H and O–H groups in total. The van der Waals surface area contributed by atoms with Crippen LogP contribution < -0.4 is 19.7 Å². The van der Waals surface area contributed by atoms with Gasteiger partial charge in [-0.25, -0.2) is 8.78 Å². The summed E-state index contributed by atoms with van der Waals surface area (Å²) >= 11 is 0. The van der Waals surface area contributed by atoms with Crippen molar-refractivity contribution in [3.8, 4) is 11.5 Å². The van der Waals surface area contributed by atoms with E-state index in [2.05, 4.69) is 5.32 Å². The van der Waals surface area contributed by atoms with E-state index in [1.807, 2.05) is 0 Å². The van der Waals surface area contributed by atoms with Gasteiger partial charge in [-0.3, -0.25) is 9.59 Å². The number of fused-ring (bicyclic) bond motifs is 1. The van der Waals surface area contributed by atoms with Crippen LogP contribution >= 0.6 is 0 Å². The second kappa shape index (κ2) is 8.03. The van der Waals surface area contributed by atoms with Crippen LogP contribution in [0.1, 0.15) is 13.3 Å². The van der Waals surface area contributed by atoms with Crippen molar-refractivity contribution >= 4 is 23.2 Å². The first-order valence-electron chi connectivity index (χ1n) is 8.36.